The predicted molar refractivity (Wildman–Crippen MR) is 186 cm³/mol. The molecule has 258 valence electrons. The van der Waals surface area contributed by atoms with Gasteiger partial charge in [0.15, 0.2) is 11.6 Å². The number of anilines is 2. The molecular weight excluding hydrogens is 638 g/mol. The second-order valence-electron chi connectivity index (χ2n) is 12.3. The molecule has 1 saturated heterocycles. The van der Waals surface area contributed by atoms with E-state index in [1.165, 1.54) is 4.90 Å². The standard InChI is InChI=1S/C37H39N7O6/c38-35-32(20-29(42-43-35)26-6-1-2-9-31(26)45)50-19-17-23-11-13-24(14-12-23)21-40-33(46)10-3-4-18-39-28-8-5-7-25-27(28)22-44(37(25)49)30-15-16-34(47)41-36(30)48/h1-2,5-9,11-14,20,30,39,45H,3-4,10,15-19,21-22H2,(H2,38,43)(H,40,46)(H,41,47,48). The van der Waals surface area contributed by atoms with Crippen molar-refractivity contribution in [2.24, 2.45) is 0 Å². The Morgan fingerprint density at radius 2 is 1.76 bits per heavy atom. The SMILES string of the molecule is Nc1nnc(-c2ccccc2O)cc1OCCc1ccc(CNC(=O)CCCCNc2cccc3c2CN(C2CCC(=O)NC2=O)C3=O)cc1. The van der Waals surface area contributed by atoms with Crippen LogP contribution in [0.5, 0.6) is 11.5 Å². The van der Waals surface area contributed by atoms with E-state index in [-0.39, 0.29) is 35.7 Å². The maximum Gasteiger partial charge on any atom is 0.255 e. The maximum atomic E-state index is 13.0. The summed E-state index contributed by atoms with van der Waals surface area (Å²) in [5.41, 5.74) is 11.2. The quantitative estimate of drug-likeness (QED) is 0.0972. The van der Waals surface area contributed by atoms with Gasteiger partial charge in [-0.3, -0.25) is 24.5 Å². The van der Waals surface area contributed by atoms with Gasteiger partial charge in [0, 0.05) is 67.3 Å². The van der Waals surface area contributed by atoms with Crippen LogP contribution in [0.25, 0.3) is 11.3 Å². The van der Waals surface area contributed by atoms with E-state index in [2.05, 4.69) is 26.1 Å². The zero-order chi connectivity index (χ0) is 35.0. The summed E-state index contributed by atoms with van der Waals surface area (Å²) in [5.74, 6) is -0.313. The first-order valence-corrected chi connectivity index (χ1v) is 16.7. The normalized spacial score (nSPS) is 15.4. The molecule has 4 aromatic rings. The van der Waals surface area contributed by atoms with Crippen LogP contribution in [0.1, 0.15) is 59.2 Å². The molecule has 1 atom stereocenters. The van der Waals surface area contributed by atoms with Crippen molar-refractivity contribution in [3.8, 4) is 22.8 Å². The third-order valence-corrected chi connectivity index (χ3v) is 8.85. The number of fused-ring (bicyclic) bond motifs is 1. The van der Waals surface area contributed by atoms with Crippen LogP contribution < -0.4 is 26.4 Å². The number of carbonyl (C=O) groups excluding carboxylic acids is 4. The minimum atomic E-state index is -0.652. The Morgan fingerprint density at radius 3 is 2.56 bits per heavy atom. The number of phenolic OH excluding ortho intramolecular Hbond substituents is 1. The van der Waals surface area contributed by atoms with Gasteiger partial charge in [0.1, 0.15) is 17.5 Å². The maximum absolute atomic E-state index is 13.0. The topological polar surface area (TPSA) is 189 Å². The van der Waals surface area contributed by atoms with Gasteiger partial charge in [0.2, 0.25) is 17.7 Å². The summed E-state index contributed by atoms with van der Waals surface area (Å²) < 4.78 is 5.88. The molecule has 0 bridgehead atoms. The number of aromatic nitrogens is 2. The van der Waals surface area contributed by atoms with Crippen LogP contribution >= 0.6 is 0 Å². The molecule has 13 nitrogen and oxygen atoms in total. The van der Waals surface area contributed by atoms with Crippen molar-refractivity contribution in [2.45, 2.75) is 57.7 Å². The van der Waals surface area contributed by atoms with Crippen LogP contribution in [-0.2, 0) is 33.9 Å². The number of imide groups is 1. The second kappa shape index (κ2) is 15.5. The largest absolute Gasteiger partial charge is 0.507 e. The summed E-state index contributed by atoms with van der Waals surface area (Å²) in [5, 5.41) is 26.8. The monoisotopic (exact) mass is 677 g/mol. The average Bonchev–Trinajstić information content (AvgIpc) is 3.45. The molecule has 3 aromatic carbocycles. The number of piperidine rings is 1. The van der Waals surface area contributed by atoms with Crippen LogP contribution in [0, 0.1) is 0 Å². The van der Waals surface area contributed by atoms with Crippen LogP contribution in [0.2, 0.25) is 0 Å². The molecule has 0 radical (unpaired) electrons. The highest BCUT2D eigenvalue weighted by molar-refractivity contribution is 6.06. The molecule has 0 spiro atoms. The number of amides is 4. The number of unbranched alkanes of at least 4 members (excludes halogenated alkanes) is 1. The van der Waals surface area contributed by atoms with Gasteiger partial charge in [-0.1, -0.05) is 42.5 Å². The van der Waals surface area contributed by atoms with Gasteiger partial charge in [0.05, 0.1) is 6.61 Å². The van der Waals surface area contributed by atoms with Crippen molar-refractivity contribution >= 4 is 35.1 Å². The van der Waals surface area contributed by atoms with Gasteiger partial charge >= 0.3 is 0 Å². The number of phenols is 1. The lowest BCUT2D eigenvalue weighted by molar-refractivity contribution is -0.137. The number of hydrogen-bond acceptors (Lipinski definition) is 10. The van der Waals surface area contributed by atoms with Gasteiger partial charge in [-0.05, 0) is 54.7 Å². The molecule has 2 aliphatic heterocycles. The highest BCUT2D eigenvalue weighted by Gasteiger charge is 2.39. The number of nitrogens with one attached hydrogen (secondary N) is 3. The molecule has 1 aromatic heterocycles. The zero-order valence-electron chi connectivity index (χ0n) is 27.5. The van der Waals surface area contributed by atoms with Crippen molar-refractivity contribution in [3.05, 3.63) is 95.1 Å². The molecule has 0 saturated carbocycles. The lowest BCUT2D eigenvalue weighted by Gasteiger charge is -2.29. The highest BCUT2D eigenvalue weighted by Crippen LogP contribution is 2.33. The molecule has 3 heterocycles. The van der Waals surface area contributed by atoms with E-state index in [4.69, 9.17) is 10.5 Å². The summed E-state index contributed by atoms with van der Waals surface area (Å²) in [4.78, 5) is 51.0. The van der Waals surface area contributed by atoms with Gasteiger partial charge in [-0.25, -0.2) is 0 Å². The van der Waals surface area contributed by atoms with Crippen molar-refractivity contribution in [3.63, 3.8) is 0 Å². The number of nitrogens with zero attached hydrogens (tertiary/aromatic N) is 3. The molecule has 50 heavy (non-hydrogen) atoms. The summed E-state index contributed by atoms with van der Waals surface area (Å²) in [6, 6.07) is 21.3. The number of hydrogen-bond donors (Lipinski definition) is 5. The predicted octanol–water partition coefficient (Wildman–Crippen LogP) is 3.71. The third kappa shape index (κ3) is 8.00. The third-order valence-electron chi connectivity index (χ3n) is 8.85. The number of para-hydroxylation sites is 1. The number of nitrogens with two attached hydrogens (primary N) is 1. The van der Waals surface area contributed by atoms with Crippen molar-refractivity contribution in [1.29, 1.82) is 0 Å². The Hall–Kier alpha value is -5.98. The minimum Gasteiger partial charge on any atom is -0.507 e. The Labute approximate surface area is 289 Å². The number of ether oxygens (including phenoxy) is 1. The molecular formula is C37H39N7O6. The first-order chi connectivity index (χ1) is 24.3. The number of aromatic hydroxyl groups is 1. The molecule has 6 N–H and O–H groups in total. The van der Waals surface area contributed by atoms with Crippen molar-refractivity contribution < 1.29 is 29.0 Å². The number of rotatable bonds is 14. The van der Waals surface area contributed by atoms with Crippen molar-refractivity contribution in [2.75, 3.05) is 24.2 Å². The number of nitrogen functional groups attached to an aromatic ring is 1. The van der Waals surface area contributed by atoms with E-state index < -0.39 is 11.9 Å². The van der Waals surface area contributed by atoms with Gasteiger partial charge < -0.3 is 31.1 Å². The molecule has 6 rings (SSSR count). The van der Waals surface area contributed by atoms with Gasteiger partial charge in [-0.2, -0.15) is 0 Å². The van der Waals surface area contributed by atoms with Gasteiger partial charge in [0.25, 0.3) is 5.91 Å². The lowest BCUT2D eigenvalue weighted by atomic mass is 10.0. The smallest absolute Gasteiger partial charge is 0.255 e. The Balaban J connectivity index is 0.888. The first-order valence-electron chi connectivity index (χ1n) is 16.7. The molecule has 0 aliphatic carbocycles. The number of benzene rings is 3. The second-order valence-corrected chi connectivity index (χ2v) is 12.3. The lowest BCUT2D eigenvalue weighted by Crippen LogP contribution is -2.52. The van der Waals surface area contributed by atoms with E-state index in [0.717, 1.165) is 28.8 Å². The van der Waals surface area contributed by atoms with E-state index in [1.807, 2.05) is 36.4 Å². The van der Waals surface area contributed by atoms with Crippen molar-refractivity contribution in [1.82, 2.24) is 25.7 Å². The average molecular weight is 678 g/mol. The fraction of sp³-hybridized carbons (Fsp3) is 0.297. The Bertz CT molecular complexity index is 1900. The van der Waals surface area contributed by atoms with E-state index >= 15 is 0 Å². The fourth-order valence-corrected chi connectivity index (χ4v) is 6.10. The van der Waals surface area contributed by atoms with Crippen LogP contribution in [0.4, 0.5) is 11.5 Å². The van der Waals surface area contributed by atoms with E-state index in [0.29, 0.717) is 74.5 Å². The zero-order valence-corrected chi connectivity index (χ0v) is 27.5. The van der Waals surface area contributed by atoms with Crippen LogP contribution in [-0.4, -0.2) is 63.0 Å². The summed E-state index contributed by atoms with van der Waals surface area (Å²) in [6.45, 7) is 1.73. The minimum absolute atomic E-state index is 0.0275. The summed E-state index contributed by atoms with van der Waals surface area (Å²) in [7, 11) is 0. The number of carbonyl (C=O) groups is 4. The Morgan fingerprint density at radius 1 is 0.980 bits per heavy atom. The molecule has 1 fully saturated rings. The van der Waals surface area contributed by atoms with E-state index in [1.54, 1.807) is 36.4 Å². The molecule has 1 unspecified atom stereocenters. The Kier molecular flexibility index (Phi) is 10.5. The summed E-state index contributed by atoms with van der Waals surface area (Å²) in [6.07, 6.45) is 3.02. The van der Waals surface area contributed by atoms with Crippen LogP contribution in [0.3, 0.4) is 0 Å². The summed E-state index contributed by atoms with van der Waals surface area (Å²) >= 11 is 0. The molecule has 13 heteroatoms. The van der Waals surface area contributed by atoms with Crippen LogP contribution in [0.15, 0.2) is 72.8 Å². The highest BCUT2D eigenvalue weighted by atomic mass is 16.5. The first kappa shape index (κ1) is 33.9. The molecule has 4 amide bonds. The fourth-order valence-electron chi connectivity index (χ4n) is 6.10. The molecule has 2 aliphatic rings. The van der Waals surface area contributed by atoms with Gasteiger partial charge in [-0.15, -0.1) is 10.2 Å². The van der Waals surface area contributed by atoms with E-state index in [9.17, 15) is 24.3 Å².